The maximum atomic E-state index is 9.73. The van der Waals surface area contributed by atoms with Crippen molar-refractivity contribution in [2.45, 2.75) is 31.9 Å². The molecular formula is C14H20BrNO2. The van der Waals surface area contributed by atoms with Gasteiger partial charge in [-0.25, -0.2) is 0 Å². The molecule has 100 valence electrons. The van der Waals surface area contributed by atoms with Gasteiger partial charge in [0.25, 0.3) is 0 Å². The van der Waals surface area contributed by atoms with E-state index in [0.29, 0.717) is 5.92 Å². The molecule has 0 saturated heterocycles. The summed E-state index contributed by atoms with van der Waals surface area (Å²) in [7, 11) is 1.67. The monoisotopic (exact) mass is 313 g/mol. The molecule has 1 aromatic rings. The summed E-state index contributed by atoms with van der Waals surface area (Å²) < 4.78 is 6.18. The molecule has 1 fully saturated rings. The van der Waals surface area contributed by atoms with Crippen molar-refractivity contribution >= 4 is 15.9 Å². The largest absolute Gasteiger partial charge is 0.496 e. The zero-order chi connectivity index (χ0) is 13.0. The fraction of sp³-hybridized carbons (Fsp3) is 0.571. The van der Waals surface area contributed by atoms with Crippen LogP contribution in [0.15, 0.2) is 22.7 Å². The normalized spacial score (nSPS) is 23.3. The molecule has 1 aliphatic carbocycles. The molecule has 4 heteroatoms. The van der Waals surface area contributed by atoms with Crippen LogP contribution in [-0.4, -0.2) is 24.9 Å². The van der Waals surface area contributed by atoms with E-state index in [1.807, 2.05) is 6.07 Å². The second kappa shape index (κ2) is 6.55. The summed E-state index contributed by atoms with van der Waals surface area (Å²) >= 11 is 3.48. The zero-order valence-corrected chi connectivity index (χ0v) is 12.2. The van der Waals surface area contributed by atoms with Gasteiger partial charge in [0, 0.05) is 13.1 Å². The molecule has 2 N–H and O–H groups in total. The summed E-state index contributed by atoms with van der Waals surface area (Å²) in [6.07, 6.45) is 3.14. The van der Waals surface area contributed by atoms with Gasteiger partial charge in [-0.2, -0.15) is 0 Å². The number of rotatable bonds is 5. The third-order valence-corrected chi connectivity index (χ3v) is 4.19. The van der Waals surface area contributed by atoms with Crippen LogP contribution in [0.1, 0.15) is 24.8 Å². The quantitative estimate of drug-likeness (QED) is 0.878. The van der Waals surface area contributed by atoms with Gasteiger partial charge in [0.05, 0.1) is 17.7 Å². The van der Waals surface area contributed by atoms with Gasteiger partial charge >= 0.3 is 0 Å². The average Bonchev–Trinajstić information content (AvgIpc) is 2.75. The Morgan fingerprint density at radius 3 is 2.89 bits per heavy atom. The van der Waals surface area contributed by atoms with E-state index in [2.05, 4.69) is 33.4 Å². The standard InChI is InChI=1S/C14H20BrNO2/c1-18-14-6-5-10(7-12(14)15)8-16-9-11-3-2-4-13(11)17/h5-7,11,13,16-17H,2-4,8-9H2,1H3. The second-order valence-corrected chi connectivity index (χ2v) is 5.71. The molecule has 0 aromatic heterocycles. The topological polar surface area (TPSA) is 41.5 Å². The Balaban J connectivity index is 1.81. The van der Waals surface area contributed by atoms with Crippen LogP contribution in [0.25, 0.3) is 0 Å². The number of benzene rings is 1. The van der Waals surface area contributed by atoms with Gasteiger partial charge in [-0.1, -0.05) is 12.5 Å². The van der Waals surface area contributed by atoms with Crippen LogP contribution in [0, 0.1) is 5.92 Å². The van der Waals surface area contributed by atoms with Crippen molar-refractivity contribution in [2.75, 3.05) is 13.7 Å². The van der Waals surface area contributed by atoms with E-state index < -0.39 is 0 Å². The highest BCUT2D eigenvalue weighted by Crippen LogP contribution is 2.26. The summed E-state index contributed by atoms with van der Waals surface area (Å²) in [6.45, 7) is 1.72. The fourth-order valence-electron chi connectivity index (χ4n) is 2.48. The molecule has 0 heterocycles. The summed E-state index contributed by atoms with van der Waals surface area (Å²) in [6, 6.07) is 6.09. The maximum absolute atomic E-state index is 9.73. The number of nitrogens with one attached hydrogen (secondary N) is 1. The Hall–Kier alpha value is -0.580. The highest BCUT2D eigenvalue weighted by molar-refractivity contribution is 9.10. The number of aliphatic hydroxyl groups excluding tert-OH is 1. The van der Waals surface area contributed by atoms with Crippen LogP contribution in [-0.2, 0) is 6.54 Å². The number of ether oxygens (including phenoxy) is 1. The Morgan fingerprint density at radius 2 is 2.28 bits per heavy atom. The molecule has 2 unspecified atom stereocenters. The minimum atomic E-state index is -0.111. The maximum Gasteiger partial charge on any atom is 0.133 e. The Kier molecular flexibility index (Phi) is 5.03. The molecule has 1 aliphatic rings. The number of hydrogen-bond donors (Lipinski definition) is 2. The van der Waals surface area contributed by atoms with E-state index in [1.165, 1.54) is 5.56 Å². The molecule has 1 aromatic carbocycles. The van der Waals surface area contributed by atoms with Crippen LogP contribution < -0.4 is 10.1 Å². The van der Waals surface area contributed by atoms with Gasteiger partial charge < -0.3 is 15.2 Å². The first-order valence-corrected chi connectivity index (χ1v) is 7.21. The summed E-state index contributed by atoms with van der Waals surface area (Å²) in [5.74, 6) is 1.27. The van der Waals surface area contributed by atoms with Crippen LogP contribution in [0.5, 0.6) is 5.75 Å². The highest BCUT2D eigenvalue weighted by Gasteiger charge is 2.24. The number of methoxy groups -OCH3 is 1. The Bertz CT molecular complexity index is 397. The van der Waals surface area contributed by atoms with Gasteiger partial charge in [0.2, 0.25) is 0 Å². The van der Waals surface area contributed by atoms with Gasteiger partial charge in [0.15, 0.2) is 0 Å². The molecule has 3 nitrogen and oxygen atoms in total. The second-order valence-electron chi connectivity index (χ2n) is 4.86. The third-order valence-electron chi connectivity index (χ3n) is 3.57. The first-order chi connectivity index (χ1) is 8.70. The Morgan fingerprint density at radius 1 is 1.44 bits per heavy atom. The molecule has 0 aliphatic heterocycles. The van der Waals surface area contributed by atoms with Crippen LogP contribution >= 0.6 is 15.9 Å². The van der Waals surface area contributed by atoms with E-state index >= 15 is 0 Å². The van der Waals surface area contributed by atoms with Crippen LogP contribution in [0.2, 0.25) is 0 Å². The molecule has 2 rings (SSSR count). The molecular weight excluding hydrogens is 294 g/mol. The predicted molar refractivity (Wildman–Crippen MR) is 75.7 cm³/mol. The lowest BCUT2D eigenvalue weighted by atomic mass is 10.1. The van der Waals surface area contributed by atoms with Crippen LogP contribution in [0.3, 0.4) is 0 Å². The zero-order valence-electron chi connectivity index (χ0n) is 10.7. The van der Waals surface area contributed by atoms with Crippen molar-refractivity contribution in [1.29, 1.82) is 0 Å². The van der Waals surface area contributed by atoms with Crippen molar-refractivity contribution in [3.8, 4) is 5.75 Å². The minimum absolute atomic E-state index is 0.111. The molecule has 0 spiro atoms. The van der Waals surface area contributed by atoms with Crippen molar-refractivity contribution in [2.24, 2.45) is 5.92 Å². The predicted octanol–water partition coefficient (Wildman–Crippen LogP) is 2.71. The third kappa shape index (κ3) is 3.46. The number of halogens is 1. The lowest BCUT2D eigenvalue weighted by molar-refractivity contribution is 0.131. The lowest BCUT2D eigenvalue weighted by Crippen LogP contribution is -2.27. The number of aliphatic hydroxyl groups is 1. The molecule has 18 heavy (non-hydrogen) atoms. The molecule has 2 atom stereocenters. The summed E-state index contributed by atoms with van der Waals surface area (Å²) in [4.78, 5) is 0. The van der Waals surface area contributed by atoms with E-state index in [-0.39, 0.29) is 6.10 Å². The van der Waals surface area contributed by atoms with Gasteiger partial charge in [-0.3, -0.25) is 0 Å². The molecule has 1 saturated carbocycles. The fourth-order valence-corrected chi connectivity index (χ4v) is 3.07. The first kappa shape index (κ1) is 13.8. The van der Waals surface area contributed by atoms with Gasteiger partial charge in [0.1, 0.15) is 5.75 Å². The lowest BCUT2D eigenvalue weighted by Gasteiger charge is -2.15. The highest BCUT2D eigenvalue weighted by atomic mass is 79.9. The minimum Gasteiger partial charge on any atom is -0.496 e. The van der Waals surface area contributed by atoms with Crippen molar-refractivity contribution in [3.05, 3.63) is 28.2 Å². The van der Waals surface area contributed by atoms with Gasteiger partial charge in [-0.15, -0.1) is 0 Å². The van der Waals surface area contributed by atoms with Crippen molar-refractivity contribution < 1.29 is 9.84 Å². The molecule has 0 amide bonds. The summed E-state index contributed by atoms with van der Waals surface area (Å²) in [5, 5.41) is 13.2. The molecule has 0 radical (unpaired) electrons. The number of hydrogen-bond acceptors (Lipinski definition) is 3. The summed E-state index contributed by atoms with van der Waals surface area (Å²) in [5.41, 5.74) is 1.22. The smallest absolute Gasteiger partial charge is 0.133 e. The van der Waals surface area contributed by atoms with E-state index in [4.69, 9.17) is 4.74 Å². The first-order valence-electron chi connectivity index (χ1n) is 6.42. The van der Waals surface area contributed by atoms with Crippen molar-refractivity contribution in [3.63, 3.8) is 0 Å². The van der Waals surface area contributed by atoms with Crippen molar-refractivity contribution in [1.82, 2.24) is 5.32 Å². The SMILES string of the molecule is COc1ccc(CNCC2CCCC2O)cc1Br. The van der Waals surface area contributed by atoms with Crippen LogP contribution in [0.4, 0.5) is 0 Å². The van der Waals surface area contributed by atoms with E-state index in [1.54, 1.807) is 7.11 Å². The Labute approximate surface area is 117 Å². The van der Waals surface area contributed by atoms with Gasteiger partial charge in [-0.05, 0) is 52.4 Å². The molecule has 0 bridgehead atoms. The van der Waals surface area contributed by atoms with E-state index in [9.17, 15) is 5.11 Å². The van der Waals surface area contributed by atoms with E-state index in [0.717, 1.165) is 42.6 Å². The average molecular weight is 314 g/mol.